The minimum Gasteiger partial charge on any atom is -0.343 e. The lowest BCUT2D eigenvalue weighted by Gasteiger charge is -2.12. The highest BCUT2D eigenvalue weighted by molar-refractivity contribution is 5.91. The first kappa shape index (κ1) is 19.6. The van der Waals surface area contributed by atoms with Gasteiger partial charge < -0.3 is 5.32 Å². The number of hydrogen-bond acceptors (Lipinski definition) is 4. The first-order valence-electron chi connectivity index (χ1n) is 9.09. The molecule has 0 bridgehead atoms. The Kier molecular flexibility index (Phi) is 4.94. The highest BCUT2D eigenvalue weighted by Gasteiger charge is 2.36. The van der Waals surface area contributed by atoms with E-state index in [1.165, 1.54) is 0 Å². The van der Waals surface area contributed by atoms with Gasteiger partial charge in [0.05, 0.1) is 11.7 Å². The Morgan fingerprint density at radius 2 is 1.63 bits per heavy atom. The standard InChI is InChI=1S/C21H16F3N5O/c1-13(14-8-4-2-5-9-14)25-19(30)18-27-20-26-16(15-10-6-3-7-11-15)12-17(21(22,23)24)29(20)28-18/h2-13H,1H3,(H,25,30)/t13-/m1/s1. The van der Waals surface area contributed by atoms with E-state index in [4.69, 9.17) is 0 Å². The van der Waals surface area contributed by atoms with Crippen LogP contribution in [0.1, 0.15) is 34.8 Å². The zero-order chi connectivity index (χ0) is 21.3. The lowest BCUT2D eigenvalue weighted by Crippen LogP contribution is -2.27. The van der Waals surface area contributed by atoms with E-state index in [9.17, 15) is 18.0 Å². The van der Waals surface area contributed by atoms with Gasteiger partial charge in [0.2, 0.25) is 5.82 Å². The van der Waals surface area contributed by atoms with Crippen molar-refractivity contribution in [3.8, 4) is 11.3 Å². The molecule has 0 saturated heterocycles. The van der Waals surface area contributed by atoms with Crippen molar-refractivity contribution in [2.24, 2.45) is 0 Å². The van der Waals surface area contributed by atoms with E-state index in [1.54, 1.807) is 37.3 Å². The van der Waals surface area contributed by atoms with Gasteiger partial charge in [-0.1, -0.05) is 60.7 Å². The third-order valence-electron chi connectivity index (χ3n) is 4.52. The Morgan fingerprint density at radius 3 is 2.27 bits per heavy atom. The maximum atomic E-state index is 13.6. The van der Waals surface area contributed by atoms with Gasteiger partial charge in [0.25, 0.3) is 11.7 Å². The van der Waals surface area contributed by atoms with Crippen LogP contribution in [0.4, 0.5) is 13.2 Å². The van der Waals surface area contributed by atoms with Crippen molar-refractivity contribution in [3.63, 3.8) is 0 Å². The van der Waals surface area contributed by atoms with Gasteiger partial charge in [0, 0.05) is 5.56 Å². The highest BCUT2D eigenvalue weighted by atomic mass is 19.4. The van der Waals surface area contributed by atoms with Crippen molar-refractivity contribution in [2.75, 3.05) is 0 Å². The molecule has 2 aromatic heterocycles. The summed E-state index contributed by atoms with van der Waals surface area (Å²) in [6.45, 7) is 1.76. The normalized spacial score (nSPS) is 12.7. The molecular formula is C21H16F3N5O. The van der Waals surface area contributed by atoms with Crippen molar-refractivity contribution >= 4 is 11.7 Å². The van der Waals surface area contributed by atoms with E-state index in [0.717, 1.165) is 11.6 Å². The van der Waals surface area contributed by atoms with Crippen LogP contribution < -0.4 is 5.32 Å². The average molecular weight is 411 g/mol. The quantitative estimate of drug-likeness (QED) is 0.544. The Balaban J connectivity index is 1.73. The number of hydrogen-bond donors (Lipinski definition) is 1. The summed E-state index contributed by atoms with van der Waals surface area (Å²) in [7, 11) is 0. The second-order valence-electron chi connectivity index (χ2n) is 6.64. The second-order valence-corrected chi connectivity index (χ2v) is 6.64. The van der Waals surface area contributed by atoms with E-state index in [0.29, 0.717) is 10.1 Å². The number of amides is 1. The van der Waals surface area contributed by atoms with Crippen LogP contribution in [0.25, 0.3) is 17.0 Å². The largest absolute Gasteiger partial charge is 0.433 e. The minimum atomic E-state index is -4.70. The number of nitrogens with one attached hydrogen (secondary N) is 1. The van der Waals surface area contributed by atoms with Crippen molar-refractivity contribution in [1.29, 1.82) is 0 Å². The van der Waals surface area contributed by atoms with Crippen LogP contribution in [0, 0.1) is 0 Å². The third-order valence-corrected chi connectivity index (χ3v) is 4.52. The number of halogens is 3. The molecule has 0 saturated carbocycles. The molecule has 9 heteroatoms. The van der Waals surface area contributed by atoms with Gasteiger partial charge in [-0.05, 0) is 18.6 Å². The van der Waals surface area contributed by atoms with E-state index >= 15 is 0 Å². The van der Waals surface area contributed by atoms with Crippen molar-refractivity contribution in [3.05, 3.63) is 83.8 Å². The molecule has 6 nitrogen and oxygen atoms in total. The molecule has 0 spiro atoms. The molecule has 4 rings (SSSR count). The molecule has 0 aliphatic heterocycles. The van der Waals surface area contributed by atoms with Gasteiger partial charge in [0.1, 0.15) is 0 Å². The zero-order valence-electron chi connectivity index (χ0n) is 15.8. The molecule has 2 aromatic carbocycles. The topological polar surface area (TPSA) is 72.2 Å². The number of alkyl halides is 3. The summed E-state index contributed by atoms with van der Waals surface area (Å²) in [5.41, 5.74) is 0.369. The fourth-order valence-electron chi connectivity index (χ4n) is 3.01. The van der Waals surface area contributed by atoms with Crippen molar-refractivity contribution in [2.45, 2.75) is 19.1 Å². The van der Waals surface area contributed by atoms with Crippen molar-refractivity contribution < 1.29 is 18.0 Å². The molecule has 4 aromatic rings. The average Bonchev–Trinajstić information content (AvgIpc) is 3.18. The number of rotatable bonds is 4. The fourth-order valence-corrected chi connectivity index (χ4v) is 3.01. The number of carbonyl (C=O) groups excluding carboxylic acids is 1. The smallest absolute Gasteiger partial charge is 0.343 e. The third kappa shape index (κ3) is 3.86. The van der Waals surface area contributed by atoms with Crippen LogP contribution in [0.2, 0.25) is 0 Å². The molecule has 0 fully saturated rings. The number of fused-ring (bicyclic) bond motifs is 1. The minimum absolute atomic E-state index is 0.0902. The summed E-state index contributed by atoms with van der Waals surface area (Å²) >= 11 is 0. The summed E-state index contributed by atoms with van der Waals surface area (Å²) in [6, 6.07) is 18.1. The van der Waals surface area contributed by atoms with Gasteiger partial charge in [-0.3, -0.25) is 4.79 Å². The number of aromatic nitrogens is 4. The molecular weight excluding hydrogens is 395 g/mol. The maximum absolute atomic E-state index is 13.6. The highest BCUT2D eigenvalue weighted by Crippen LogP contribution is 2.31. The maximum Gasteiger partial charge on any atom is 0.433 e. The van der Waals surface area contributed by atoms with Crippen LogP contribution in [-0.2, 0) is 6.18 Å². The lowest BCUT2D eigenvalue weighted by atomic mass is 10.1. The van der Waals surface area contributed by atoms with E-state index < -0.39 is 17.8 Å². The Labute approximate surface area is 169 Å². The number of nitrogens with zero attached hydrogens (tertiary/aromatic N) is 4. The fraction of sp³-hybridized carbons (Fsp3) is 0.143. The summed E-state index contributed by atoms with van der Waals surface area (Å²) < 4.78 is 41.5. The molecule has 1 atom stereocenters. The molecule has 0 radical (unpaired) electrons. The summed E-state index contributed by atoms with van der Waals surface area (Å²) in [5.74, 6) is -1.38. The predicted molar refractivity (Wildman–Crippen MR) is 104 cm³/mol. The lowest BCUT2D eigenvalue weighted by molar-refractivity contribution is -0.142. The predicted octanol–water partition coefficient (Wildman–Crippen LogP) is 4.30. The van der Waals surface area contributed by atoms with E-state index in [2.05, 4.69) is 20.4 Å². The van der Waals surface area contributed by atoms with Gasteiger partial charge >= 0.3 is 6.18 Å². The molecule has 1 N–H and O–H groups in total. The van der Waals surface area contributed by atoms with Gasteiger partial charge in [0.15, 0.2) is 5.69 Å². The molecule has 2 heterocycles. The van der Waals surface area contributed by atoms with Gasteiger partial charge in [-0.2, -0.15) is 22.7 Å². The first-order chi connectivity index (χ1) is 14.3. The van der Waals surface area contributed by atoms with Crippen LogP contribution in [0.5, 0.6) is 0 Å². The van der Waals surface area contributed by atoms with Gasteiger partial charge in [-0.25, -0.2) is 4.98 Å². The SMILES string of the molecule is C[C@@H](NC(=O)c1nc2nc(-c3ccccc3)cc(C(F)(F)F)n2n1)c1ccccc1. The van der Waals surface area contributed by atoms with Crippen LogP contribution in [0.15, 0.2) is 66.7 Å². The molecule has 30 heavy (non-hydrogen) atoms. The van der Waals surface area contributed by atoms with E-state index in [-0.39, 0.29) is 23.3 Å². The molecule has 0 aliphatic rings. The molecule has 1 amide bonds. The Morgan fingerprint density at radius 1 is 1.00 bits per heavy atom. The van der Waals surface area contributed by atoms with Gasteiger partial charge in [-0.15, -0.1) is 5.10 Å². The summed E-state index contributed by atoms with van der Waals surface area (Å²) in [6.07, 6.45) is -4.70. The number of carbonyl (C=O) groups is 1. The zero-order valence-corrected chi connectivity index (χ0v) is 15.8. The van der Waals surface area contributed by atoms with E-state index in [1.807, 2.05) is 30.3 Å². The Bertz CT molecular complexity index is 1190. The first-order valence-corrected chi connectivity index (χ1v) is 9.09. The van der Waals surface area contributed by atoms with Crippen LogP contribution in [-0.4, -0.2) is 25.5 Å². The molecule has 0 aliphatic carbocycles. The van der Waals surface area contributed by atoms with Crippen LogP contribution in [0.3, 0.4) is 0 Å². The summed E-state index contributed by atoms with van der Waals surface area (Å²) in [4.78, 5) is 20.7. The Hall–Kier alpha value is -3.75. The molecule has 152 valence electrons. The van der Waals surface area contributed by atoms with Crippen molar-refractivity contribution in [1.82, 2.24) is 24.9 Å². The summed E-state index contributed by atoms with van der Waals surface area (Å²) in [5, 5.41) is 6.46. The number of benzene rings is 2. The van der Waals surface area contributed by atoms with Crippen LogP contribution >= 0.6 is 0 Å². The second kappa shape index (κ2) is 7.58. The monoisotopic (exact) mass is 411 g/mol. The molecule has 0 unspecified atom stereocenters.